The van der Waals surface area contributed by atoms with Crippen molar-refractivity contribution in [2.45, 2.75) is 55.4 Å². The molecule has 57 heavy (non-hydrogen) atoms. The monoisotopic (exact) mass is 787 g/mol. The van der Waals surface area contributed by atoms with Crippen LogP contribution in [0.4, 0.5) is 13.2 Å². The molecular weight excluding hydrogens is 735 g/mol. The van der Waals surface area contributed by atoms with E-state index in [0.717, 1.165) is 45.5 Å². The van der Waals surface area contributed by atoms with Gasteiger partial charge in [-0.3, -0.25) is 0 Å². The fraction of sp³-hybridized carbons (Fsp3) is 0.157. The summed E-state index contributed by atoms with van der Waals surface area (Å²) < 4.78 is 36.7. The van der Waals surface area contributed by atoms with E-state index in [-0.39, 0.29) is 11.6 Å². The summed E-state index contributed by atoms with van der Waals surface area (Å²) in [4.78, 5) is 0. The van der Waals surface area contributed by atoms with Crippen LogP contribution >= 0.6 is 11.6 Å². The van der Waals surface area contributed by atoms with Crippen LogP contribution in [0.1, 0.15) is 50.1 Å². The second-order valence-corrected chi connectivity index (χ2v) is 13.6. The van der Waals surface area contributed by atoms with Gasteiger partial charge in [-0.15, -0.1) is 0 Å². The van der Waals surface area contributed by atoms with Gasteiger partial charge in [0.05, 0.1) is 11.6 Å². The molecule has 7 rings (SSSR count). The van der Waals surface area contributed by atoms with Crippen molar-refractivity contribution in [2.75, 3.05) is 0 Å². The Morgan fingerprint density at radius 1 is 0.421 bits per heavy atom. The molecule has 2 nitrogen and oxygen atoms in total. The number of rotatable bonds is 0. The molecule has 0 amide bonds. The van der Waals surface area contributed by atoms with E-state index in [2.05, 4.69) is 63.2 Å². The van der Waals surface area contributed by atoms with Gasteiger partial charge < -0.3 is 5.11 Å². The maximum absolute atomic E-state index is 12.3. The number of aromatic hydroxyl groups is 1. The van der Waals surface area contributed by atoms with Crippen LogP contribution in [0.25, 0.3) is 0 Å². The highest BCUT2D eigenvalue weighted by Gasteiger charge is 1.95. The first kappa shape index (κ1) is 48.9. The molecule has 7 aromatic rings. The first-order valence-corrected chi connectivity index (χ1v) is 18.6. The van der Waals surface area contributed by atoms with Gasteiger partial charge >= 0.3 is 0 Å². The van der Waals surface area contributed by atoms with Gasteiger partial charge in [-0.25, -0.2) is 13.2 Å². The summed E-state index contributed by atoms with van der Waals surface area (Å²) in [7, 11) is 0. The summed E-state index contributed by atoms with van der Waals surface area (Å²) in [6.45, 7) is 15.6. The Morgan fingerprint density at radius 2 is 0.860 bits per heavy atom. The van der Waals surface area contributed by atoms with E-state index in [1.807, 2.05) is 107 Å². The number of nitrogens with zero attached hydrogens (tertiary/aromatic N) is 1. The Bertz CT molecular complexity index is 1970. The fourth-order valence-corrected chi connectivity index (χ4v) is 4.75. The standard InChI is InChI=1S/C8H7N.C8H10.C7H7Cl.C7H6F2.C7H7F.C7H8O.C7H8/c1-7-3-2-4-8(5-7)6-9;1-7-4-3-5-8(2)6-7;1-6-3-2-4-7(8)5-6;1-5-4-6(8)2-3-7(5)9;2*1-6-3-2-4-7(8)5-6;1-7-5-3-2-4-6-7/h2-5H,1H3;3-6H,1-2H3;2-5H,1H3;2-4H,1H3;2-5H,1H3;2-5,8H,1H3;2-6H,1H3. The highest BCUT2D eigenvalue weighted by atomic mass is 35.5. The molecule has 0 saturated carbocycles. The van der Waals surface area contributed by atoms with Crippen LogP contribution in [0.2, 0.25) is 5.02 Å². The predicted octanol–water partition coefficient (Wildman–Crippen LogP) is 14.9. The minimum absolute atomic E-state index is 0.162. The number of phenols is 1. The van der Waals surface area contributed by atoms with Crippen LogP contribution in [0.5, 0.6) is 5.75 Å². The van der Waals surface area contributed by atoms with Crippen LogP contribution in [0.15, 0.2) is 170 Å². The Labute approximate surface area is 343 Å². The molecule has 7 aromatic carbocycles. The zero-order valence-electron chi connectivity index (χ0n) is 34.1. The maximum Gasteiger partial charge on any atom is 0.126 e. The number of phenolic OH excluding ortho intramolecular Hbond substituents is 1. The molecule has 0 bridgehead atoms. The zero-order chi connectivity index (χ0) is 42.6. The summed E-state index contributed by atoms with van der Waals surface area (Å²) >= 11 is 5.64. The van der Waals surface area contributed by atoms with Gasteiger partial charge in [0.25, 0.3) is 0 Å². The molecule has 0 radical (unpaired) electrons. The highest BCUT2D eigenvalue weighted by molar-refractivity contribution is 6.30. The molecule has 0 fully saturated rings. The van der Waals surface area contributed by atoms with Gasteiger partial charge in [0.1, 0.15) is 23.2 Å². The smallest absolute Gasteiger partial charge is 0.126 e. The average molecular weight is 788 g/mol. The van der Waals surface area contributed by atoms with E-state index in [0.29, 0.717) is 11.3 Å². The SMILES string of the molecule is Cc1cc(F)ccc1F.Cc1cccc(C#N)c1.Cc1cccc(C)c1.Cc1cccc(Cl)c1.Cc1cccc(F)c1.Cc1cccc(O)c1.Cc1ccccc1. The molecule has 0 aliphatic carbocycles. The van der Waals surface area contributed by atoms with E-state index in [9.17, 15) is 13.2 Å². The molecule has 0 spiro atoms. The first-order chi connectivity index (χ1) is 27.1. The summed E-state index contributed by atoms with van der Waals surface area (Å²) in [5.41, 5.74) is 9.46. The number of nitriles is 1. The molecule has 0 heterocycles. The van der Waals surface area contributed by atoms with E-state index < -0.39 is 5.82 Å². The lowest BCUT2D eigenvalue weighted by Crippen LogP contribution is -1.81. The maximum atomic E-state index is 12.3. The Balaban J connectivity index is 0.000000333. The third-order valence-corrected chi connectivity index (χ3v) is 7.58. The molecule has 0 aliphatic heterocycles. The fourth-order valence-electron chi connectivity index (χ4n) is 4.50. The van der Waals surface area contributed by atoms with Crippen molar-refractivity contribution in [1.29, 1.82) is 5.26 Å². The largest absolute Gasteiger partial charge is 0.508 e. The molecule has 0 unspecified atom stereocenters. The van der Waals surface area contributed by atoms with Crippen molar-refractivity contribution < 1.29 is 18.3 Å². The van der Waals surface area contributed by atoms with E-state index >= 15 is 0 Å². The van der Waals surface area contributed by atoms with Crippen LogP contribution in [0.3, 0.4) is 0 Å². The quantitative estimate of drug-likeness (QED) is 0.166. The van der Waals surface area contributed by atoms with Crippen molar-refractivity contribution >= 4 is 11.6 Å². The van der Waals surface area contributed by atoms with Crippen molar-refractivity contribution in [1.82, 2.24) is 0 Å². The first-order valence-electron chi connectivity index (χ1n) is 18.2. The zero-order valence-corrected chi connectivity index (χ0v) is 34.8. The Morgan fingerprint density at radius 3 is 1.16 bits per heavy atom. The summed E-state index contributed by atoms with van der Waals surface area (Å²) in [5.74, 6) is -0.583. The number of halogens is 4. The van der Waals surface area contributed by atoms with Crippen molar-refractivity contribution in [3.63, 3.8) is 0 Å². The van der Waals surface area contributed by atoms with Gasteiger partial charge in [0, 0.05) is 5.02 Å². The second kappa shape index (κ2) is 28.3. The lowest BCUT2D eigenvalue weighted by molar-refractivity contribution is 0.475. The number of aryl methyl sites for hydroxylation is 8. The highest BCUT2D eigenvalue weighted by Crippen LogP contribution is 2.10. The van der Waals surface area contributed by atoms with Crippen LogP contribution < -0.4 is 0 Å². The van der Waals surface area contributed by atoms with E-state index in [1.165, 1.54) is 41.3 Å². The third-order valence-electron chi connectivity index (χ3n) is 7.34. The second-order valence-electron chi connectivity index (χ2n) is 13.1. The lowest BCUT2D eigenvalue weighted by atomic mass is 10.2. The van der Waals surface area contributed by atoms with Crippen molar-refractivity contribution in [3.05, 3.63) is 242 Å². The topological polar surface area (TPSA) is 44.0 Å². The Kier molecular flexibility index (Phi) is 24.3. The van der Waals surface area contributed by atoms with Gasteiger partial charge in [-0.05, 0) is 150 Å². The molecule has 0 saturated heterocycles. The third kappa shape index (κ3) is 25.6. The van der Waals surface area contributed by atoms with Crippen molar-refractivity contribution in [2.24, 2.45) is 0 Å². The van der Waals surface area contributed by atoms with Gasteiger partial charge in [0.2, 0.25) is 0 Å². The summed E-state index contributed by atoms with van der Waals surface area (Å²) in [6.07, 6.45) is 0. The van der Waals surface area contributed by atoms with Crippen LogP contribution in [-0.2, 0) is 0 Å². The minimum Gasteiger partial charge on any atom is -0.508 e. The molecule has 0 atom stereocenters. The number of hydrogen-bond donors (Lipinski definition) is 1. The van der Waals surface area contributed by atoms with Crippen LogP contribution in [-0.4, -0.2) is 5.11 Å². The molecule has 6 heteroatoms. The molecular formula is C51H53ClF3NO. The van der Waals surface area contributed by atoms with Gasteiger partial charge in [-0.1, -0.05) is 131 Å². The molecule has 0 aromatic heterocycles. The minimum atomic E-state index is -0.395. The van der Waals surface area contributed by atoms with Crippen LogP contribution in [0, 0.1) is 84.2 Å². The molecule has 1 N–H and O–H groups in total. The Hall–Kier alpha value is -6.09. The molecule has 0 aliphatic rings. The average Bonchev–Trinajstić information content (AvgIpc) is 3.15. The lowest BCUT2D eigenvalue weighted by Gasteiger charge is -1.92. The van der Waals surface area contributed by atoms with Crippen molar-refractivity contribution in [3.8, 4) is 11.8 Å². The van der Waals surface area contributed by atoms with E-state index in [1.54, 1.807) is 24.3 Å². The molecule has 296 valence electrons. The summed E-state index contributed by atoms with van der Waals surface area (Å²) in [6, 6.07) is 53.1. The normalized spacial score (nSPS) is 9.11. The van der Waals surface area contributed by atoms with Gasteiger partial charge in [-0.2, -0.15) is 5.26 Å². The number of hydrogen-bond acceptors (Lipinski definition) is 2. The van der Waals surface area contributed by atoms with Gasteiger partial charge in [0.15, 0.2) is 0 Å². The number of benzene rings is 7. The predicted molar refractivity (Wildman–Crippen MR) is 234 cm³/mol. The van der Waals surface area contributed by atoms with E-state index in [4.69, 9.17) is 22.0 Å². The summed E-state index contributed by atoms with van der Waals surface area (Å²) in [5, 5.41) is 18.0.